The molecule has 1 aliphatic rings. The number of epoxide rings is 1. The topological polar surface area (TPSA) is 67.9 Å². The van der Waals surface area contributed by atoms with Crippen molar-refractivity contribution in [1.29, 1.82) is 0 Å². The van der Waals surface area contributed by atoms with E-state index in [1.54, 1.807) is 21.3 Å². The van der Waals surface area contributed by atoms with E-state index in [9.17, 15) is 0 Å². The van der Waals surface area contributed by atoms with Gasteiger partial charge >= 0.3 is 18.1 Å². The Morgan fingerprint density at radius 3 is 2.05 bits per heavy atom. The zero-order chi connectivity index (χ0) is 16.4. The zero-order valence-electron chi connectivity index (χ0n) is 14.3. The highest BCUT2D eigenvalue weighted by molar-refractivity contribution is 6.60. The van der Waals surface area contributed by atoms with Crippen molar-refractivity contribution in [3.8, 4) is 0 Å². The zero-order valence-corrected chi connectivity index (χ0v) is 16.5. The molecule has 2 unspecified atom stereocenters. The molecule has 0 aromatic heterocycles. The lowest BCUT2D eigenvalue weighted by Crippen LogP contribution is -2.46. The van der Waals surface area contributed by atoms with Gasteiger partial charge in [0.2, 0.25) is 0 Å². The van der Waals surface area contributed by atoms with Crippen molar-refractivity contribution >= 4 is 18.1 Å². The molecule has 1 aliphatic heterocycles. The molecule has 0 aromatic carbocycles. The second kappa shape index (κ2) is 10.8. The maximum absolute atomic E-state index is 6.00. The summed E-state index contributed by atoms with van der Waals surface area (Å²) in [6.07, 6.45) is 0.945. The van der Waals surface area contributed by atoms with E-state index >= 15 is 0 Å². The predicted octanol–water partition coefficient (Wildman–Crippen LogP) is 0.871. The highest BCUT2D eigenvalue weighted by Crippen LogP contribution is 2.21. The smallest absolute Gasteiger partial charge is 0.395 e. The highest BCUT2D eigenvalue weighted by Gasteiger charge is 2.40. The molecule has 1 fully saturated rings. The summed E-state index contributed by atoms with van der Waals surface area (Å²) in [7, 11) is 0.317. The van der Waals surface area contributed by atoms with Crippen LogP contribution in [0, 0.1) is 0 Å². The predicted molar refractivity (Wildman–Crippen MR) is 86.1 cm³/mol. The van der Waals surface area contributed by atoms with Gasteiger partial charge in [-0.05, 0) is 20.3 Å². The highest BCUT2D eigenvalue weighted by atomic mass is 28.4. The summed E-state index contributed by atoms with van der Waals surface area (Å²) in [5, 5.41) is 0. The molecule has 0 N–H and O–H groups in total. The molecule has 132 valence electrons. The first-order valence-electron chi connectivity index (χ1n) is 7.76. The maximum atomic E-state index is 6.00. The van der Waals surface area contributed by atoms with E-state index in [1.165, 1.54) is 0 Å². The molecule has 0 aliphatic carbocycles. The van der Waals surface area contributed by atoms with Gasteiger partial charge in [-0.25, -0.2) is 0 Å². The maximum Gasteiger partial charge on any atom is 0.500 e. The fourth-order valence-corrected chi connectivity index (χ4v) is 6.13. The lowest BCUT2D eigenvalue weighted by Gasteiger charge is -2.29. The molecule has 0 spiro atoms. The van der Waals surface area contributed by atoms with Crippen LogP contribution in [0.3, 0.4) is 0 Å². The number of hydrogen-bond donors (Lipinski definition) is 0. The van der Waals surface area contributed by atoms with E-state index in [1.807, 2.05) is 13.8 Å². The van der Waals surface area contributed by atoms with Crippen molar-refractivity contribution in [3.63, 3.8) is 0 Å². The van der Waals surface area contributed by atoms with E-state index < -0.39 is 18.1 Å². The van der Waals surface area contributed by atoms with Crippen LogP contribution >= 0.6 is 0 Å². The molecule has 7 nitrogen and oxygen atoms in total. The van der Waals surface area contributed by atoms with Crippen LogP contribution in [0.2, 0.25) is 6.04 Å². The molecule has 22 heavy (non-hydrogen) atoms. The average Bonchev–Trinajstić information content (AvgIpc) is 3.36. The fraction of sp³-hybridized carbons (Fsp3) is 1.00. The number of rotatable bonds is 14. The quantitative estimate of drug-likeness (QED) is 0.339. The number of ether oxygens (including phenoxy) is 2. The van der Waals surface area contributed by atoms with Crippen LogP contribution < -0.4 is 0 Å². The average molecular weight is 355 g/mol. The van der Waals surface area contributed by atoms with Crippen LogP contribution in [0.1, 0.15) is 20.3 Å². The number of hydrogen-bond acceptors (Lipinski definition) is 7. The fourth-order valence-electron chi connectivity index (χ4n) is 2.16. The van der Waals surface area contributed by atoms with Crippen LogP contribution in [-0.2, 0) is 31.6 Å². The monoisotopic (exact) mass is 354 g/mol. The van der Waals surface area contributed by atoms with E-state index in [-0.39, 0.29) is 11.8 Å². The Bertz CT molecular complexity index is 273. The Morgan fingerprint density at radius 1 is 1.09 bits per heavy atom. The minimum atomic E-state index is -2.61. The molecular weight excluding hydrogens is 324 g/mol. The van der Waals surface area contributed by atoms with Crippen molar-refractivity contribution in [2.75, 3.05) is 47.8 Å². The molecule has 9 heteroatoms. The van der Waals surface area contributed by atoms with Crippen LogP contribution in [0.25, 0.3) is 0 Å². The normalized spacial score (nSPS) is 19.6. The van der Waals surface area contributed by atoms with Crippen molar-refractivity contribution in [3.05, 3.63) is 0 Å². The Balaban J connectivity index is 2.61. The lowest BCUT2D eigenvalue weighted by molar-refractivity contribution is 0.0450. The van der Waals surface area contributed by atoms with Gasteiger partial charge in [0.1, 0.15) is 6.10 Å². The van der Waals surface area contributed by atoms with Gasteiger partial charge in [0.25, 0.3) is 0 Å². The van der Waals surface area contributed by atoms with Gasteiger partial charge in [0, 0.05) is 40.6 Å². The summed E-state index contributed by atoms with van der Waals surface area (Å²) >= 11 is 0. The van der Waals surface area contributed by atoms with Gasteiger partial charge in [0.05, 0.1) is 18.9 Å². The molecule has 1 rings (SSSR count). The molecule has 0 radical (unpaired) electrons. The summed E-state index contributed by atoms with van der Waals surface area (Å²) in [4.78, 5) is 0. The third-order valence-electron chi connectivity index (χ3n) is 3.53. The van der Waals surface area contributed by atoms with E-state index in [4.69, 9.17) is 31.6 Å². The molecule has 1 saturated heterocycles. The van der Waals surface area contributed by atoms with E-state index in [0.717, 1.165) is 13.0 Å². The Labute approximate surface area is 136 Å². The summed E-state index contributed by atoms with van der Waals surface area (Å²) in [6.45, 7) is 6.54. The summed E-state index contributed by atoms with van der Waals surface area (Å²) in [5.74, 6) is 0. The van der Waals surface area contributed by atoms with Crippen molar-refractivity contribution < 1.29 is 31.6 Å². The Hall–Kier alpha value is 0.154. The van der Waals surface area contributed by atoms with Crippen LogP contribution in [-0.4, -0.2) is 77.7 Å². The summed E-state index contributed by atoms with van der Waals surface area (Å²) < 4.78 is 39.2. The van der Waals surface area contributed by atoms with Gasteiger partial charge in [0.15, 0.2) is 0 Å². The molecule has 1 heterocycles. The third kappa shape index (κ3) is 6.73. The second-order valence-corrected chi connectivity index (χ2v) is 10.2. The van der Waals surface area contributed by atoms with E-state index in [0.29, 0.717) is 25.9 Å². The molecule has 0 amide bonds. The molecular formula is C13H30O7Si2. The van der Waals surface area contributed by atoms with Gasteiger partial charge in [-0.1, -0.05) is 0 Å². The van der Waals surface area contributed by atoms with Crippen LogP contribution in [0.4, 0.5) is 0 Å². The first-order chi connectivity index (χ1) is 10.6. The summed E-state index contributed by atoms with van der Waals surface area (Å²) in [6, 6.07) is 0.663. The van der Waals surface area contributed by atoms with Crippen molar-refractivity contribution in [2.24, 2.45) is 0 Å². The van der Waals surface area contributed by atoms with Crippen LogP contribution in [0.5, 0.6) is 0 Å². The van der Waals surface area contributed by atoms with E-state index in [2.05, 4.69) is 0 Å². The first kappa shape index (κ1) is 20.2. The van der Waals surface area contributed by atoms with Crippen LogP contribution in [0.15, 0.2) is 0 Å². The van der Waals surface area contributed by atoms with Gasteiger partial charge < -0.3 is 31.6 Å². The lowest BCUT2D eigenvalue weighted by atomic mass is 10.5. The molecule has 2 atom stereocenters. The summed E-state index contributed by atoms with van der Waals surface area (Å²) in [5.41, 5.74) is -0.0728. The van der Waals surface area contributed by atoms with Gasteiger partial charge in [-0.15, -0.1) is 0 Å². The molecule has 0 bridgehead atoms. The van der Waals surface area contributed by atoms with Crippen molar-refractivity contribution in [2.45, 2.75) is 38.1 Å². The third-order valence-corrected chi connectivity index (χ3v) is 8.76. The minimum Gasteiger partial charge on any atom is -0.395 e. The minimum absolute atomic E-state index is 0.0728. The molecule has 0 saturated carbocycles. The van der Waals surface area contributed by atoms with Gasteiger partial charge in [-0.2, -0.15) is 0 Å². The standard InChI is InChI=1S/C13H30O7Si2/c1-6-19-21(20-7-2)13(18-11-12-10-17-12)8-9-22(14-3,15-4)16-5/h12-13,21H,6-11H2,1-5H3. The van der Waals surface area contributed by atoms with Crippen molar-refractivity contribution in [1.82, 2.24) is 0 Å². The SMILES string of the molecule is CCO[SiH](OCC)C(CC[Si](OC)(OC)OC)OCC1CO1. The largest absolute Gasteiger partial charge is 0.500 e. The second-order valence-electron chi connectivity index (χ2n) is 4.94. The first-order valence-corrected chi connectivity index (χ1v) is 11.3. The van der Waals surface area contributed by atoms with Gasteiger partial charge in [-0.3, -0.25) is 0 Å². The molecule has 0 aromatic rings. The Morgan fingerprint density at radius 2 is 1.64 bits per heavy atom. The Kier molecular flexibility index (Phi) is 9.95.